The number of nitrogens with zero attached hydrogens (tertiary/aromatic N) is 1. The van der Waals surface area contributed by atoms with Gasteiger partial charge in [0.2, 0.25) is 11.2 Å². The minimum absolute atomic E-state index is 0.178. The fourth-order valence-electron chi connectivity index (χ4n) is 3.00. The van der Waals surface area contributed by atoms with E-state index in [2.05, 4.69) is 48.0 Å². The molecular formula is C25H23NO4S. The van der Waals surface area contributed by atoms with E-state index in [1.807, 2.05) is 31.2 Å². The van der Waals surface area contributed by atoms with Gasteiger partial charge in [0.25, 0.3) is 0 Å². The molecule has 158 valence electrons. The number of phenols is 1. The van der Waals surface area contributed by atoms with Crippen LogP contribution in [0.1, 0.15) is 16.8 Å². The van der Waals surface area contributed by atoms with Crippen LogP contribution in [0.2, 0.25) is 0 Å². The first kappa shape index (κ1) is 22.2. The fraction of sp³-hybridized carbons (Fsp3) is 0.0800. The first-order valence-electron chi connectivity index (χ1n) is 9.61. The Morgan fingerprint density at radius 2 is 1.48 bits per heavy atom. The molecule has 0 spiro atoms. The average Bonchev–Trinajstić information content (AvgIpc) is 2.75. The van der Waals surface area contributed by atoms with Gasteiger partial charge in [0.15, 0.2) is 0 Å². The molecule has 3 aromatic carbocycles. The van der Waals surface area contributed by atoms with Crippen LogP contribution in [0.15, 0.2) is 89.8 Å². The normalized spacial score (nSPS) is 11.3. The number of para-hydroxylation sites is 1. The smallest absolute Gasteiger partial charge is 0.212 e. The Labute approximate surface area is 182 Å². The van der Waals surface area contributed by atoms with Crippen molar-refractivity contribution in [2.24, 2.45) is 7.05 Å². The quantitative estimate of drug-likeness (QED) is 0.383. The molecule has 0 radical (unpaired) electrons. The maximum Gasteiger partial charge on any atom is 0.212 e. The third kappa shape index (κ3) is 6.01. The lowest BCUT2D eigenvalue weighted by Crippen LogP contribution is -2.32. The molecule has 0 aliphatic carbocycles. The molecule has 1 heterocycles. The zero-order valence-corrected chi connectivity index (χ0v) is 18.1. The molecule has 4 aromatic rings. The molecule has 0 saturated heterocycles. The number of aromatic nitrogens is 1. The van der Waals surface area contributed by atoms with Crippen molar-refractivity contribution in [1.29, 1.82) is 0 Å². The van der Waals surface area contributed by atoms with Crippen LogP contribution in [0, 0.1) is 6.92 Å². The van der Waals surface area contributed by atoms with Gasteiger partial charge in [-0.3, -0.25) is 0 Å². The summed E-state index contributed by atoms with van der Waals surface area (Å²) in [6.07, 6.45) is 4.13. The van der Waals surface area contributed by atoms with E-state index in [1.54, 1.807) is 24.3 Å². The summed E-state index contributed by atoms with van der Waals surface area (Å²) in [6.45, 7) is 1.82. The summed E-state index contributed by atoms with van der Waals surface area (Å²) >= 11 is 0. The van der Waals surface area contributed by atoms with Crippen molar-refractivity contribution in [3.05, 3.63) is 102 Å². The molecule has 1 N–H and O–H groups in total. The predicted octanol–water partition coefficient (Wildman–Crippen LogP) is 4.44. The minimum Gasteiger partial charge on any atom is -0.744 e. The molecule has 0 amide bonds. The van der Waals surface area contributed by atoms with Gasteiger partial charge < -0.3 is 9.66 Å². The number of aryl methyl sites for hydroxylation is 2. The highest BCUT2D eigenvalue weighted by Crippen LogP contribution is 2.14. The van der Waals surface area contributed by atoms with Gasteiger partial charge in [-0.05, 0) is 55.0 Å². The Bertz CT molecular complexity index is 1310. The highest BCUT2D eigenvalue weighted by Gasteiger charge is 2.07. The first-order valence-corrected chi connectivity index (χ1v) is 11.0. The van der Waals surface area contributed by atoms with E-state index in [-0.39, 0.29) is 4.90 Å². The Hall–Kier alpha value is -3.48. The zero-order valence-electron chi connectivity index (χ0n) is 17.3. The standard InChI is InChI=1S/C18H15NO.C7H8O3S/c1-19-16(10-6-14-7-12-17(20)13-8-14)11-9-15-4-2-3-5-18(15)19;1-6-2-4-7(5-3-6)11(8,9)10/h2-13H,1H3;2-5H,1H3,(H,8,9,10). The number of hydrogen-bond donors (Lipinski definition) is 1. The Morgan fingerprint density at radius 3 is 2.13 bits per heavy atom. The molecule has 6 heteroatoms. The molecular weight excluding hydrogens is 410 g/mol. The van der Waals surface area contributed by atoms with Crippen LogP contribution in [0.5, 0.6) is 5.75 Å². The molecule has 0 saturated carbocycles. The molecule has 1 aromatic heterocycles. The van der Waals surface area contributed by atoms with Gasteiger partial charge >= 0.3 is 0 Å². The maximum atomic E-state index is 10.4. The van der Waals surface area contributed by atoms with E-state index >= 15 is 0 Å². The first-order chi connectivity index (χ1) is 14.7. The van der Waals surface area contributed by atoms with Gasteiger partial charge in [-0.15, -0.1) is 0 Å². The second-order valence-electron chi connectivity index (χ2n) is 7.07. The van der Waals surface area contributed by atoms with Crippen LogP contribution >= 0.6 is 0 Å². The van der Waals surface area contributed by atoms with E-state index in [0.717, 1.165) is 16.8 Å². The minimum atomic E-state index is -4.27. The van der Waals surface area contributed by atoms with Gasteiger partial charge in [0.05, 0.1) is 4.90 Å². The molecule has 4 rings (SSSR count). The van der Waals surface area contributed by atoms with Crippen molar-refractivity contribution in [3.8, 4) is 5.75 Å². The van der Waals surface area contributed by atoms with Crippen molar-refractivity contribution >= 4 is 33.2 Å². The molecule has 5 nitrogen and oxygen atoms in total. The van der Waals surface area contributed by atoms with Gasteiger partial charge in [-0.2, -0.15) is 4.57 Å². The summed E-state index contributed by atoms with van der Waals surface area (Å²) in [6, 6.07) is 25.5. The number of aromatic hydroxyl groups is 1. The number of benzene rings is 3. The van der Waals surface area contributed by atoms with Gasteiger partial charge in [-0.25, -0.2) is 8.42 Å². The van der Waals surface area contributed by atoms with Crippen LogP contribution in [0.3, 0.4) is 0 Å². The highest BCUT2D eigenvalue weighted by molar-refractivity contribution is 7.85. The van der Waals surface area contributed by atoms with E-state index in [9.17, 15) is 18.1 Å². The summed E-state index contributed by atoms with van der Waals surface area (Å²) in [7, 11) is -2.20. The van der Waals surface area contributed by atoms with E-state index in [1.165, 1.54) is 23.0 Å². The van der Waals surface area contributed by atoms with Crippen LogP contribution < -0.4 is 4.57 Å². The number of phenolic OH excluding ortho intramolecular Hbond substituents is 1. The summed E-state index contributed by atoms with van der Waals surface area (Å²) in [5.74, 6) is 0.290. The summed E-state index contributed by atoms with van der Waals surface area (Å²) in [5, 5.41) is 10.5. The van der Waals surface area contributed by atoms with Gasteiger partial charge in [0, 0.05) is 23.6 Å². The van der Waals surface area contributed by atoms with Crippen molar-refractivity contribution in [3.63, 3.8) is 0 Å². The lowest BCUT2D eigenvalue weighted by atomic mass is 10.1. The number of pyridine rings is 1. The Morgan fingerprint density at radius 1 is 0.839 bits per heavy atom. The van der Waals surface area contributed by atoms with Crippen LogP contribution in [-0.2, 0) is 17.2 Å². The summed E-state index contributed by atoms with van der Waals surface area (Å²) < 4.78 is 33.3. The van der Waals surface area contributed by atoms with Crippen LogP contribution in [-0.4, -0.2) is 18.1 Å². The second-order valence-corrected chi connectivity index (χ2v) is 8.45. The van der Waals surface area contributed by atoms with Crippen molar-refractivity contribution < 1.29 is 22.6 Å². The van der Waals surface area contributed by atoms with E-state index in [0.29, 0.717) is 5.75 Å². The maximum absolute atomic E-state index is 10.4. The number of fused-ring (bicyclic) bond motifs is 1. The molecule has 0 unspecified atom stereocenters. The third-order valence-corrected chi connectivity index (χ3v) is 5.62. The van der Waals surface area contributed by atoms with Crippen molar-refractivity contribution in [2.45, 2.75) is 11.8 Å². The Balaban J connectivity index is 0.000000210. The fourth-order valence-corrected chi connectivity index (χ4v) is 3.47. The van der Waals surface area contributed by atoms with Crippen molar-refractivity contribution in [1.82, 2.24) is 0 Å². The van der Waals surface area contributed by atoms with E-state index in [4.69, 9.17) is 0 Å². The molecule has 0 aliphatic heterocycles. The van der Waals surface area contributed by atoms with Gasteiger partial charge in [-0.1, -0.05) is 42.0 Å². The second kappa shape index (κ2) is 9.55. The van der Waals surface area contributed by atoms with Crippen molar-refractivity contribution in [2.75, 3.05) is 0 Å². The monoisotopic (exact) mass is 433 g/mol. The topological polar surface area (TPSA) is 81.3 Å². The molecule has 0 atom stereocenters. The number of hydrogen-bond acceptors (Lipinski definition) is 4. The highest BCUT2D eigenvalue weighted by atomic mass is 32.2. The zero-order chi connectivity index (χ0) is 22.4. The Kier molecular flexibility index (Phi) is 6.84. The SMILES string of the molecule is C[n+]1c(C=Cc2ccc(O)cc2)ccc2ccccc21.Cc1ccc(S(=O)(=O)[O-])cc1. The summed E-state index contributed by atoms with van der Waals surface area (Å²) in [5.41, 5.74) is 4.34. The number of rotatable bonds is 3. The van der Waals surface area contributed by atoms with E-state index < -0.39 is 10.1 Å². The molecule has 0 bridgehead atoms. The predicted molar refractivity (Wildman–Crippen MR) is 121 cm³/mol. The lowest BCUT2D eigenvalue weighted by molar-refractivity contribution is -0.646. The van der Waals surface area contributed by atoms with Crippen LogP contribution in [0.4, 0.5) is 0 Å². The molecule has 0 fully saturated rings. The van der Waals surface area contributed by atoms with Gasteiger partial charge in [0.1, 0.15) is 22.9 Å². The molecule has 31 heavy (non-hydrogen) atoms. The van der Waals surface area contributed by atoms with Crippen LogP contribution in [0.25, 0.3) is 23.1 Å². The lowest BCUT2D eigenvalue weighted by Gasteiger charge is -2.05. The average molecular weight is 434 g/mol. The largest absolute Gasteiger partial charge is 0.744 e. The summed E-state index contributed by atoms with van der Waals surface area (Å²) in [4.78, 5) is -0.178. The third-order valence-electron chi connectivity index (χ3n) is 4.77. The molecule has 0 aliphatic rings.